The number of nitrogens with zero attached hydrogens (tertiary/aromatic N) is 2. The summed E-state index contributed by atoms with van der Waals surface area (Å²) in [4.78, 5) is 16.3. The van der Waals surface area contributed by atoms with Crippen LogP contribution in [0.1, 0.15) is 38.7 Å². The van der Waals surface area contributed by atoms with Crippen LogP contribution in [0.3, 0.4) is 0 Å². The number of urea groups is 1. The molecule has 0 unspecified atom stereocenters. The highest BCUT2D eigenvalue weighted by Crippen LogP contribution is 2.19. The number of hydrogen-bond acceptors (Lipinski definition) is 2. The van der Waals surface area contributed by atoms with Crippen LogP contribution in [0.5, 0.6) is 0 Å². The molecule has 0 aromatic heterocycles. The average molecular weight is 321 g/mol. The average Bonchev–Trinajstić information content (AvgIpc) is 2.53. The summed E-state index contributed by atoms with van der Waals surface area (Å²) < 4.78 is 13.2. The number of amides is 2. The molecule has 1 aliphatic heterocycles. The summed E-state index contributed by atoms with van der Waals surface area (Å²) in [5, 5.41) is 3.01. The minimum absolute atomic E-state index is 0.0459. The van der Waals surface area contributed by atoms with Crippen molar-refractivity contribution in [2.24, 2.45) is 0 Å². The van der Waals surface area contributed by atoms with Crippen LogP contribution in [0.2, 0.25) is 0 Å². The van der Waals surface area contributed by atoms with E-state index < -0.39 is 0 Å². The van der Waals surface area contributed by atoms with E-state index in [2.05, 4.69) is 24.1 Å². The lowest BCUT2D eigenvalue weighted by atomic mass is 9.98. The standard InChI is InChI=1S/C18H28FN3O/c1-18(2,22-10-5-4-6-11-22)14-20-17(23)21(3)13-15-8-7-9-16(19)12-15/h7-9,12H,4-6,10-11,13-14H2,1-3H3,(H,20,23). The Morgan fingerprint density at radius 3 is 2.65 bits per heavy atom. The zero-order valence-electron chi connectivity index (χ0n) is 14.4. The predicted octanol–water partition coefficient (Wildman–Crippen LogP) is 3.23. The molecule has 1 aromatic rings. The van der Waals surface area contributed by atoms with Gasteiger partial charge in [-0.2, -0.15) is 0 Å². The molecule has 0 saturated carbocycles. The molecule has 128 valence electrons. The third kappa shape index (κ3) is 5.20. The first-order valence-corrected chi connectivity index (χ1v) is 8.37. The summed E-state index contributed by atoms with van der Waals surface area (Å²) in [6, 6.07) is 6.23. The van der Waals surface area contributed by atoms with E-state index in [0.717, 1.165) is 18.7 Å². The van der Waals surface area contributed by atoms with Gasteiger partial charge in [0.1, 0.15) is 5.82 Å². The molecule has 5 heteroatoms. The number of likely N-dealkylation sites (tertiary alicyclic amines) is 1. The van der Waals surface area contributed by atoms with E-state index in [1.165, 1.54) is 31.4 Å². The number of nitrogens with one attached hydrogen (secondary N) is 1. The normalized spacial score (nSPS) is 16.2. The van der Waals surface area contributed by atoms with Crippen molar-refractivity contribution >= 4 is 6.03 Å². The fraction of sp³-hybridized carbons (Fsp3) is 0.611. The van der Waals surface area contributed by atoms with E-state index in [-0.39, 0.29) is 17.4 Å². The molecule has 4 nitrogen and oxygen atoms in total. The zero-order valence-corrected chi connectivity index (χ0v) is 14.4. The minimum atomic E-state index is -0.275. The number of rotatable bonds is 5. The van der Waals surface area contributed by atoms with Gasteiger partial charge in [0, 0.05) is 25.7 Å². The third-order valence-corrected chi connectivity index (χ3v) is 4.54. The molecule has 2 rings (SSSR count). The fourth-order valence-electron chi connectivity index (χ4n) is 3.02. The highest BCUT2D eigenvalue weighted by molar-refractivity contribution is 5.73. The summed E-state index contributed by atoms with van der Waals surface area (Å²) in [6.45, 7) is 7.55. The van der Waals surface area contributed by atoms with Gasteiger partial charge in [-0.25, -0.2) is 9.18 Å². The molecule has 0 radical (unpaired) electrons. The van der Waals surface area contributed by atoms with Crippen molar-refractivity contribution in [1.82, 2.24) is 15.1 Å². The second-order valence-electron chi connectivity index (χ2n) is 7.00. The Balaban J connectivity index is 1.83. The maximum absolute atomic E-state index is 13.2. The molecule has 0 spiro atoms. The van der Waals surface area contributed by atoms with Crippen LogP contribution in [0, 0.1) is 5.82 Å². The maximum Gasteiger partial charge on any atom is 0.317 e. The van der Waals surface area contributed by atoms with Crippen LogP contribution < -0.4 is 5.32 Å². The number of benzene rings is 1. The lowest BCUT2D eigenvalue weighted by molar-refractivity contribution is 0.0943. The highest BCUT2D eigenvalue weighted by Gasteiger charge is 2.28. The van der Waals surface area contributed by atoms with Crippen molar-refractivity contribution < 1.29 is 9.18 Å². The van der Waals surface area contributed by atoms with Crippen molar-refractivity contribution in [1.29, 1.82) is 0 Å². The van der Waals surface area contributed by atoms with Crippen LogP contribution >= 0.6 is 0 Å². The Bertz CT molecular complexity index is 527. The van der Waals surface area contributed by atoms with E-state index >= 15 is 0 Å². The van der Waals surface area contributed by atoms with Gasteiger partial charge in [-0.15, -0.1) is 0 Å². The molecule has 2 amide bonds. The van der Waals surface area contributed by atoms with Crippen LogP contribution in [0.4, 0.5) is 9.18 Å². The van der Waals surface area contributed by atoms with E-state index in [0.29, 0.717) is 13.1 Å². The van der Waals surface area contributed by atoms with Crippen LogP contribution in [-0.4, -0.2) is 48.1 Å². The molecular weight excluding hydrogens is 293 g/mol. The predicted molar refractivity (Wildman–Crippen MR) is 90.8 cm³/mol. The van der Waals surface area contributed by atoms with E-state index in [9.17, 15) is 9.18 Å². The first kappa shape index (κ1) is 17.7. The van der Waals surface area contributed by atoms with Gasteiger partial charge in [0.2, 0.25) is 0 Å². The first-order valence-electron chi connectivity index (χ1n) is 8.37. The van der Waals surface area contributed by atoms with E-state index in [1.807, 2.05) is 6.07 Å². The monoisotopic (exact) mass is 321 g/mol. The Labute approximate surface area is 138 Å². The van der Waals surface area contributed by atoms with Gasteiger partial charge >= 0.3 is 6.03 Å². The lowest BCUT2D eigenvalue weighted by Crippen LogP contribution is -2.54. The van der Waals surface area contributed by atoms with Crippen molar-refractivity contribution in [2.75, 3.05) is 26.7 Å². The van der Waals surface area contributed by atoms with Crippen molar-refractivity contribution in [3.8, 4) is 0 Å². The van der Waals surface area contributed by atoms with Crippen molar-refractivity contribution in [2.45, 2.75) is 45.2 Å². The number of carbonyl (C=O) groups is 1. The summed E-state index contributed by atoms with van der Waals surface area (Å²) in [5.41, 5.74) is 0.744. The zero-order chi connectivity index (χ0) is 16.9. The smallest absolute Gasteiger partial charge is 0.317 e. The Morgan fingerprint density at radius 2 is 2.00 bits per heavy atom. The molecule has 1 saturated heterocycles. The van der Waals surface area contributed by atoms with Gasteiger partial charge < -0.3 is 10.2 Å². The van der Waals surface area contributed by atoms with Gasteiger partial charge in [-0.3, -0.25) is 4.90 Å². The first-order chi connectivity index (χ1) is 10.9. The summed E-state index contributed by atoms with van der Waals surface area (Å²) in [6.07, 6.45) is 3.77. The van der Waals surface area contributed by atoms with Crippen LogP contribution in [0.15, 0.2) is 24.3 Å². The number of piperidine rings is 1. The second kappa shape index (κ2) is 7.77. The molecule has 23 heavy (non-hydrogen) atoms. The largest absolute Gasteiger partial charge is 0.336 e. The van der Waals surface area contributed by atoms with Crippen LogP contribution in [-0.2, 0) is 6.54 Å². The number of carbonyl (C=O) groups excluding carboxylic acids is 1. The molecule has 1 aromatic carbocycles. The minimum Gasteiger partial charge on any atom is -0.336 e. The lowest BCUT2D eigenvalue weighted by Gasteiger charge is -2.41. The molecule has 1 fully saturated rings. The van der Waals surface area contributed by atoms with Gasteiger partial charge in [0.25, 0.3) is 0 Å². The van der Waals surface area contributed by atoms with Gasteiger partial charge in [0.15, 0.2) is 0 Å². The van der Waals surface area contributed by atoms with E-state index in [1.54, 1.807) is 18.0 Å². The quantitative estimate of drug-likeness (QED) is 0.904. The van der Waals surface area contributed by atoms with Gasteiger partial charge in [-0.05, 0) is 57.5 Å². The highest BCUT2D eigenvalue weighted by atomic mass is 19.1. The molecule has 0 aliphatic carbocycles. The van der Waals surface area contributed by atoms with Gasteiger partial charge in [0.05, 0.1) is 0 Å². The second-order valence-corrected chi connectivity index (χ2v) is 7.00. The molecule has 1 N–H and O–H groups in total. The van der Waals surface area contributed by atoms with E-state index in [4.69, 9.17) is 0 Å². The molecule has 1 heterocycles. The third-order valence-electron chi connectivity index (χ3n) is 4.54. The van der Waals surface area contributed by atoms with Crippen LogP contribution in [0.25, 0.3) is 0 Å². The summed E-state index contributed by atoms with van der Waals surface area (Å²) in [7, 11) is 1.73. The SMILES string of the molecule is CN(Cc1cccc(F)c1)C(=O)NCC(C)(C)N1CCCCC1. The molecule has 0 bridgehead atoms. The molecule has 1 aliphatic rings. The molecular formula is C18H28FN3O. The number of hydrogen-bond donors (Lipinski definition) is 1. The maximum atomic E-state index is 13.2. The fourth-order valence-corrected chi connectivity index (χ4v) is 3.02. The number of halogens is 1. The Kier molecular flexibility index (Phi) is 5.99. The molecule has 0 atom stereocenters. The summed E-state index contributed by atoms with van der Waals surface area (Å²) in [5.74, 6) is -0.275. The Hall–Kier alpha value is -1.62. The topological polar surface area (TPSA) is 35.6 Å². The Morgan fingerprint density at radius 1 is 1.30 bits per heavy atom. The summed E-state index contributed by atoms with van der Waals surface area (Å²) >= 11 is 0. The van der Waals surface area contributed by atoms with Gasteiger partial charge in [-0.1, -0.05) is 18.6 Å². The van der Waals surface area contributed by atoms with Crippen molar-refractivity contribution in [3.63, 3.8) is 0 Å². The van der Waals surface area contributed by atoms with Crippen molar-refractivity contribution in [3.05, 3.63) is 35.6 Å².